The van der Waals surface area contributed by atoms with Crippen LogP contribution in [0.25, 0.3) is 0 Å². The first-order valence-electron chi connectivity index (χ1n) is 26.6. The molecule has 0 bridgehead atoms. The Morgan fingerprint density at radius 1 is 0.516 bits per heavy atom. The van der Waals surface area contributed by atoms with Gasteiger partial charge < -0.3 is 40.8 Å². The highest BCUT2D eigenvalue weighted by molar-refractivity contribution is 7.47. The Morgan fingerprint density at radius 3 is 1.19 bits per heavy atom. The number of hydrogen-bond acceptors (Lipinski definition) is 10. The Morgan fingerprint density at radius 2 is 0.828 bits per heavy atom. The second-order valence-electron chi connectivity index (χ2n) is 19.1. The molecule has 0 saturated heterocycles. The lowest BCUT2D eigenvalue weighted by Crippen LogP contribution is -2.64. The van der Waals surface area contributed by atoms with Crippen LogP contribution in [0.1, 0.15) is 251 Å². The molecule has 0 radical (unpaired) electrons. The van der Waals surface area contributed by atoms with E-state index in [4.69, 9.17) is 9.05 Å². The van der Waals surface area contributed by atoms with E-state index in [2.05, 4.69) is 19.2 Å². The first-order chi connectivity index (χ1) is 30.9. The molecular weight excluding hydrogens is 834 g/mol. The number of aliphatic hydroxyl groups is 6. The largest absolute Gasteiger partial charge is 0.472 e. The number of phosphoric acid groups is 1. The highest BCUT2D eigenvalue weighted by Crippen LogP contribution is 2.47. The van der Waals surface area contributed by atoms with Crippen LogP contribution in [0.2, 0.25) is 0 Å². The third-order valence-electron chi connectivity index (χ3n) is 13.1. The first-order valence-corrected chi connectivity index (χ1v) is 28.1. The summed E-state index contributed by atoms with van der Waals surface area (Å²) < 4.78 is 23.0. The van der Waals surface area contributed by atoms with Gasteiger partial charge in [0, 0.05) is 6.42 Å². The fourth-order valence-corrected chi connectivity index (χ4v) is 9.70. The molecule has 13 heteroatoms. The SMILES string of the molecule is CCCCCCCCCCCCCCC/C=C/[C@@H](O)[C@H](COP(=O)(O)OC1C(O)C(O)C(O)[C@@H](O)C1O)NC(=O)CCCCCCCCCCCCCCCCCCCCCCCC. The van der Waals surface area contributed by atoms with E-state index in [9.17, 15) is 44.9 Å². The minimum atomic E-state index is -5.08. The molecule has 6 unspecified atom stereocenters. The summed E-state index contributed by atoms with van der Waals surface area (Å²) in [6, 6.07) is -1.11. The van der Waals surface area contributed by atoms with Crippen molar-refractivity contribution in [2.45, 2.75) is 300 Å². The second kappa shape index (κ2) is 41.1. The van der Waals surface area contributed by atoms with E-state index < -0.39 is 63.2 Å². The summed E-state index contributed by atoms with van der Waals surface area (Å²) >= 11 is 0. The van der Waals surface area contributed by atoms with Gasteiger partial charge in [-0.25, -0.2) is 4.57 Å². The molecule has 1 aliphatic carbocycles. The molecule has 0 aromatic rings. The second-order valence-corrected chi connectivity index (χ2v) is 20.5. The van der Waals surface area contributed by atoms with Crippen LogP contribution >= 0.6 is 7.82 Å². The molecule has 64 heavy (non-hydrogen) atoms. The molecule has 1 amide bonds. The average Bonchev–Trinajstić information content (AvgIpc) is 3.28. The van der Waals surface area contributed by atoms with Crippen molar-refractivity contribution in [1.82, 2.24) is 5.32 Å². The topological polar surface area (TPSA) is 206 Å². The molecule has 380 valence electrons. The van der Waals surface area contributed by atoms with Crippen LogP contribution in [-0.2, 0) is 18.4 Å². The van der Waals surface area contributed by atoms with Crippen molar-refractivity contribution in [2.24, 2.45) is 0 Å². The maximum absolute atomic E-state index is 13.0. The van der Waals surface area contributed by atoms with Crippen molar-refractivity contribution in [3.8, 4) is 0 Å². The van der Waals surface area contributed by atoms with E-state index in [1.165, 1.54) is 180 Å². The molecule has 1 rings (SSSR count). The number of carbonyl (C=O) groups excluding carboxylic acids is 1. The van der Waals surface area contributed by atoms with Gasteiger partial charge in [-0.3, -0.25) is 13.8 Å². The molecular formula is C51H100NO11P. The van der Waals surface area contributed by atoms with E-state index in [-0.39, 0.29) is 12.3 Å². The molecule has 0 aromatic carbocycles. The van der Waals surface area contributed by atoms with Crippen molar-refractivity contribution in [2.75, 3.05) is 6.61 Å². The van der Waals surface area contributed by atoms with Gasteiger partial charge in [-0.1, -0.05) is 238 Å². The van der Waals surface area contributed by atoms with E-state index in [0.29, 0.717) is 6.42 Å². The van der Waals surface area contributed by atoms with Crippen molar-refractivity contribution >= 4 is 13.7 Å². The molecule has 0 spiro atoms. The number of phosphoric ester groups is 1. The zero-order valence-corrected chi connectivity index (χ0v) is 41.7. The van der Waals surface area contributed by atoms with Crippen molar-refractivity contribution in [3.05, 3.63) is 12.2 Å². The number of nitrogens with one attached hydrogen (secondary N) is 1. The minimum absolute atomic E-state index is 0.219. The fraction of sp³-hybridized carbons (Fsp3) is 0.941. The molecule has 9 atom stereocenters. The Hall–Kier alpha value is -0.920. The average molecular weight is 934 g/mol. The smallest absolute Gasteiger partial charge is 0.387 e. The van der Waals surface area contributed by atoms with Gasteiger partial charge in [0.15, 0.2) is 0 Å². The number of allylic oxidation sites excluding steroid dienone is 1. The summed E-state index contributed by atoms with van der Waals surface area (Å²) in [5.74, 6) is -0.335. The monoisotopic (exact) mass is 934 g/mol. The quantitative estimate of drug-likeness (QED) is 0.0164. The Labute approximate surface area is 390 Å². The number of unbranched alkanes of at least 4 members (excludes halogenated alkanes) is 34. The highest BCUT2D eigenvalue weighted by Gasteiger charge is 2.51. The summed E-state index contributed by atoms with van der Waals surface area (Å²) in [5, 5.41) is 64.2. The molecule has 8 N–H and O–H groups in total. The predicted molar refractivity (Wildman–Crippen MR) is 260 cm³/mol. The maximum atomic E-state index is 13.0. The van der Waals surface area contributed by atoms with Gasteiger partial charge in [0.25, 0.3) is 0 Å². The Balaban J connectivity index is 2.38. The third-order valence-corrected chi connectivity index (χ3v) is 14.1. The zero-order valence-electron chi connectivity index (χ0n) is 40.9. The standard InChI is InChI=1S/C51H100NO11P/c1-3-5-7-9-11-13-15-17-19-20-21-22-23-24-25-27-29-31-33-35-37-39-41-45(54)52-43(42-62-64(60,61)63-51-49(58)47(56)46(55)48(57)50(51)59)44(53)40-38-36-34-32-30-28-26-18-16-14-12-10-8-6-4-2/h38,40,43-44,46-51,53,55-59H,3-37,39,41-42H2,1-2H3,(H,52,54)(H,60,61)/b40-38+/t43-,44+,46?,47+,48?,49?,50?,51?/m0/s1. The Bertz CT molecular complexity index is 1130. The van der Waals surface area contributed by atoms with Crippen LogP contribution in [0, 0.1) is 0 Å². The lowest BCUT2D eigenvalue weighted by Gasteiger charge is -2.41. The number of rotatable bonds is 45. The minimum Gasteiger partial charge on any atom is -0.387 e. The van der Waals surface area contributed by atoms with Crippen LogP contribution in [0.15, 0.2) is 12.2 Å². The summed E-state index contributed by atoms with van der Waals surface area (Å²) in [6.07, 6.45) is 35.7. The van der Waals surface area contributed by atoms with Crippen LogP contribution in [-0.4, -0.2) is 96.8 Å². The zero-order chi connectivity index (χ0) is 47.1. The summed E-state index contributed by atoms with van der Waals surface area (Å²) in [4.78, 5) is 23.5. The van der Waals surface area contributed by atoms with E-state index in [0.717, 1.165) is 44.9 Å². The summed E-state index contributed by atoms with van der Waals surface area (Å²) in [6.45, 7) is 3.87. The molecule has 1 aliphatic rings. The van der Waals surface area contributed by atoms with Crippen LogP contribution in [0.4, 0.5) is 0 Å². The van der Waals surface area contributed by atoms with Crippen molar-refractivity contribution in [1.29, 1.82) is 0 Å². The lowest BCUT2D eigenvalue weighted by atomic mass is 9.85. The molecule has 0 aromatic heterocycles. The van der Waals surface area contributed by atoms with E-state index in [1.54, 1.807) is 6.08 Å². The van der Waals surface area contributed by atoms with E-state index >= 15 is 0 Å². The van der Waals surface area contributed by atoms with Gasteiger partial charge in [-0.2, -0.15) is 0 Å². The fourth-order valence-electron chi connectivity index (χ4n) is 8.73. The maximum Gasteiger partial charge on any atom is 0.472 e. The summed E-state index contributed by atoms with van der Waals surface area (Å²) in [7, 11) is -5.08. The molecule has 12 nitrogen and oxygen atoms in total. The number of carbonyl (C=O) groups is 1. The van der Waals surface area contributed by atoms with Crippen LogP contribution in [0.5, 0.6) is 0 Å². The number of aliphatic hydroxyl groups excluding tert-OH is 6. The van der Waals surface area contributed by atoms with Crippen molar-refractivity contribution < 1.29 is 53.9 Å². The Kier molecular flexibility index (Phi) is 39.2. The van der Waals surface area contributed by atoms with Gasteiger partial charge in [-0.15, -0.1) is 0 Å². The van der Waals surface area contributed by atoms with Gasteiger partial charge >= 0.3 is 7.82 Å². The molecule has 0 heterocycles. The summed E-state index contributed by atoms with van der Waals surface area (Å²) in [5.41, 5.74) is 0. The van der Waals surface area contributed by atoms with Gasteiger partial charge in [0.1, 0.15) is 36.6 Å². The predicted octanol–water partition coefficient (Wildman–Crippen LogP) is 11.2. The van der Waals surface area contributed by atoms with Gasteiger partial charge in [-0.05, 0) is 19.3 Å². The lowest BCUT2D eigenvalue weighted by molar-refractivity contribution is -0.220. The number of hydrogen-bond donors (Lipinski definition) is 8. The van der Waals surface area contributed by atoms with Crippen LogP contribution < -0.4 is 5.32 Å². The van der Waals surface area contributed by atoms with E-state index in [1.807, 2.05) is 6.08 Å². The number of amides is 1. The molecule has 1 saturated carbocycles. The van der Waals surface area contributed by atoms with Gasteiger partial charge in [0.2, 0.25) is 5.91 Å². The first kappa shape index (κ1) is 61.1. The van der Waals surface area contributed by atoms with Crippen molar-refractivity contribution in [3.63, 3.8) is 0 Å². The van der Waals surface area contributed by atoms with Crippen LogP contribution in [0.3, 0.4) is 0 Å². The third kappa shape index (κ3) is 31.9. The molecule has 0 aliphatic heterocycles. The normalized spacial score (nSPS) is 22.2. The molecule has 1 fully saturated rings. The van der Waals surface area contributed by atoms with Gasteiger partial charge in [0.05, 0.1) is 18.8 Å². The highest BCUT2D eigenvalue weighted by atomic mass is 31.2.